The van der Waals surface area contributed by atoms with Crippen LogP contribution in [0.3, 0.4) is 0 Å². The molecule has 0 radical (unpaired) electrons. The number of aromatic nitrogens is 1. The van der Waals surface area contributed by atoms with E-state index in [0.717, 1.165) is 38.5 Å². The zero-order valence-corrected chi connectivity index (χ0v) is 17.8. The monoisotopic (exact) mass is 391 g/mol. The van der Waals surface area contributed by atoms with E-state index in [4.69, 9.17) is 0 Å². The summed E-state index contributed by atoms with van der Waals surface area (Å²) in [5.74, 6) is 1.06. The third-order valence-electron chi connectivity index (χ3n) is 7.48. The van der Waals surface area contributed by atoms with Crippen LogP contribution in [0.5, 0.6) is 0 Å². The highest BCUT2D eigenvalue weighted by Crippen LogP contribution is 2.42. The summed E-state index contributed by atoms with van der Waals surface area (Å²) in [6, 6.07) is 6.99. The van der Waals surface area contributed by atoms with Crippen LogP contribution in [0.25, 0.3) is 16.5 Å². The molecule has 1 amide bonds. The predicted molar refractivity (Wildman–Crippen MR) is 119 cm³/mol. The van der Waals surface area contributed by atoms with Crippen LogP contribution in [0.4, 0.5) is 0 Å². The molecule has 5 rings (SSSR count). The first kappa shape index (κ1) is 18.9. The molecule has 2 aromatic rings. The summed E-state index contributed by atoms with van der Waals surface area (Å²) >= 11 is 0. The standard InChI is InChI=1S/C25H33N3O/c1-3-27(4-2)25(29)19-12-21-20-10-7-11-22-24(20)18(14-26-22)13-23(21)28(16-19)15-17-8-5-6-9-17/h7,10-12,14,17,19,23,26H,3-6,8-9,13,15-16H2,1-2H3/t19-,23-/m1/s1. The number of nitrogens with one attached hydrogen (secondary N) is 1. The topological polar surface area (TPSA) is 39.3 Å². The zero-order valence-electron chi connectivity index (χ0n) is 17.8. The van der Waals surface area contributed by atoms with E-state index in [1.165, 1.54) is 53.3 Å². The molecule has 29 heavy (non-hydrogen) atoms. The fourth-order valence-corrected chi connectivity index (χ4v) is 5.98. The summed E-state index contributed by atoms with van der Waals surface area (Å²) in [4.78, 5) is 21.4. The first-order valence-corrected chi connectivity index (χ1v) is 11.5. The molecule has 1 saturated carbocycles. The molecule has 4 nitrogen and oxygen atoms in total. The summed E-state index contributed by atoms with van der Waals surface area (Å²) in [5, 5.41) is 1.37. The maximum absolute atomic E-state index is 13.3. The van der Waals surface area contributed by atoms with Gasteiger partial charge in [0, 0.05) is 49.3 Å². The van der Waals surface area contributed by atoms with Crippen LogP contribution in [0.2, 0.25) is 0 Å². The molecule has 2 heterocycles. The number of fused-ring (bicyclic) bond motifs is 2. The molecule has 0 bridgehead atoms. The van der Waals surface area contributed by atoms with Gasteiger partial charge in [-0.05, 0) is 61.8 Å². The average molecular weight is 392 g/mol. The molecule has 0 spiro atoms. The fraction of sp³-hybridized carbons (Fsp3) is 0.560. The number of carbonyl (C=O) groups excluding carboxylic acids is 1. The second-order valence-corrected chi connectivity index (χ2v) is 9.11. The molecular weight excluding hydrogens is 358 g/mol. The van der Waals surface area contributed by atoms with Gasteiger partial charge in [-0.25, -0.2) is 0 Å². The molecular formula is C25H33N3O. The summed E-state index contributed by atoms with van der Waals surface area (Å²) < 4.78 is 0. The normalized spacial score (nSPS) is 24.6. The van der Waals surface area contributed by atoms with Crippen molar-refractivity contribution in [3.05, 3.63) is 41.6 Å². The maximum Gasteiger partial charge on any atom is 0.230 e. The number of hydrogen-bond donors (Lipinski definition) is 1. The summed E-state index contributed by atoms with van der Waals surface area (Å²) in [6.07, 6.45) is 11.0. The highest BCUT2D eigenvalue weighted by atomic mass is 16.2. The maximum atomic E-state index is 13.3. The van der Waals surface area contributed by atoms with Crippen molar-refractivity contribution in [2.45, 2.75) is 52.0 Å². The first-order chi connectivity index (χ1) is 14.2. The lowest BCUT2D eigenvalue weighted by Gasteiger charge is -2.43. The van der Waals surface area contributed by atoms with E-state index in [2.05, 4.69) is 54.2 Å². The number of H-pyrrole nitrogens is 1. The van der Waals surface area contributed by atoms with E-state index >= 15 is 0 Å². The van der Waals surface area contributed by atoms with Crippen molar-refractivity contribution >= 4 is 22.4 Å². The van der Waals surface area contributed by atoms with Crippen LogP contribution in [-0.4, -0.2) is 52.9 Å². The summed E-state index contributed by atoms with van der Waals surface area (Å²) in [7, 11) is 0. The van der Waals surface area contributed by atoms with Crippen molar-refractivity contribution in [2.24, 2.45) is 11.8 Å². The van der Waals surface area contributed by atoms with Gasteiger partial charge in [0.05, 0.1) is 5.92 Å². The van der Waals surface area contributed by atoms with Crippen molar-refractivity contribution in [3.63, 3.8) is 0 Å². The van der Waals surface area contributed by atoms with Crippen LogP contribution in [0.1, 0.15) is 50.7 Å². The molecule has 1 N–H and O–H groups in total. The molecule has 154 valence electrons. The quantitative estimate of drug-likeness (QED) is 0.817. The predicted octanol–water partition coefficient (Wildman–Crippen LogP) is 4.47. The van der Waals surface area contributed by atoms with E-state index < -0.39 is 0 Å². The Balaban J connectivity index is 1.55. The second kappa shape index (κ2) is 7.64. The third kappa shape index (κ3) is 3.22. The van der Waals surface area contributed by atoms with Gasteiger partial charge in [-0.1, -0.05) is 31.1 Å². The highest BCUT2D eigenvalue weighted by Gasteiger charge is 2.39. The minimum Gasteiger partial charge on any atom is -0.361 e. The van der Waals surface area contributed by atoms with Crippen molar-refractivity contribution in [3.8, 4) is 0 Å². The van der Waals surface area contributed by atoms with Crippen LogP contribution in [-0.2, 0) is 11.2 Å². The van der Waals surface area contributed by atoms with Crippen LogP contribution >= 0.6 is 0 Å². The molecule has 0 saturated heterocycles. The Labute approximate surface area is 174 Å². The lowest BCUT2D eigenvalue weighted by Crippen LogP contribution is -2.50. The van der Waals surface area contributed by atoms with E-state index in [1.807, 2.05) is 4.90 Å². The van der Waals surface area contributed by atoms with Crippen molar-refractivity contribution in [1.82, 2.24) is 14.8 Å². The summed E-state index contributed by atoms with van der Waals surface area (Å²) in [6.45, 7) is 7.76. The van der Waals surface area contributed by atoms with Crippen molar-refractivity contribution in [2.75, 3.05) is 26.2 Å². The van der Waals surface area contributed by atoms with Gasteiger partial charge in [-0.15, -0.1) is 0 Å². The Morgan fingerprint density at radius 2 is 2.00 bits per heavy atom. The minimum absolute atomic E-state index is 0.0294. The Bertz CT molecular complexity index is 933. The molecule has 3 aliphatic rings. The van der Waals surface area contributed by atoms with Gasteiger partial charge in [-0.2, -0.15) is 0 Å². The number of amides is 1. The molecule has 4 heteroatoms. The molecule has 2 atom stereocenters. The minimum atomic E-state index is -0.0294. The molecule has 1 aromatic heterocycles. The number of benzene rings is 1. The van der Waals surface area contributed by atoms with E-state index in [-0.39, 0.29) is 5.92 Å². The molecule has 1 fully saturated rings. The van der Waals surface area contributed by atoms with E-state index in [9.17, 15) is 4.79 Å². The molecule has 0 unspecified atom stereocenters. The van der Waals surface area contributed by atoms with E-state index in [1.54, 1.807) is 0 Å². The first-order valence-electron chi connectivity index (χ1n) is 11.5. The van der Waals surface area contributed by atoms with Gasteiger partial charge in [0.15, 0.2) is 0 Å². The van der Waals surface area contributed by atoms with Gasteiger partial charge >= 0.3 is 0 Å². The Morgan fingerprint density at radius 1 is 1.21 bits per heavy atom. The molecule has 2 aliphatic carbocycles. The molecule has 1 aromatic carbocycles. The van der Waals surface area contributed by atoms with Gasteiger partial charge in [0.25, 0.3) is 0 Å². The number of carbonyl (C=O) groups is 1. The van der Waals surface area contributed by atoms with E-state index in [0.29, 0.717) is 11.9 Å². The lowest BCUT2D eigenvalue weighted by molar-refractivity contribution is -0.134. The average Bonchev–Trinajstić information content (AvgIpc) is 3.40. The Kier molecular flexibility index (Phi) is 4.99. The number of nitrogens with zero attached hydrogens (tertiary/aromatic N) is 2. The number of rotatable bonds is 5. The smallest absolute Gasteiger partial charge is 0.230 e. The van der Waals surface area contributed by atoms with Gasteiger partial charge in [0.1, 0.15) is 0 Å². The van der Waals surface area contributed by atoms with Gasteiger partial charge in [-0.3, -0.25) is 9.69 Å². The second-order valence-electron chi connectivity index (χ2n) is 9.11. The van der Waals surface area contributed by atoms with Crippen LogP contribution in [0.15, 0.2) is 30.5 Å². The summed E-state index contributed by atoms with van der Waals surface area (Å²) in [5.41, 5.74) is 5.37. The number of hydrogen-bond acceptors (Lipinski definition) is 2. The third-order valence-corrected chi connectivity index (χ3v) is 7.48. The van der Waals surface area contributed by atoms with Crippen molar-refractivity contribution < 1.29 is 4.79 Å². The molecule has 1 aliphatic heterocycles. The van der Waals surface area contributed by atoms with Gasteiger partial charge < -0.3 is 9.88 Å². The Hall–Kier alpha value is -2.07. The Morgan fingerprint density at radius 3 is 2.76 bits per heavy atom. The lowest BCUT2D eigenvalue weighted by atomic mass is 9.79. The zero-order chi connectivity index (χ0) is 20.0. The van der Waals surface area contributed by atoms with Crippen LogP contribution in [0, 0.1) is 11.8 Å². The highest BCUT2D eigenvalue weighted by molar-refractivity contribution is 5.99. The van der Waals surface area contributed by atoms with Crippen LogP contribution < -0.4 is 0 Å². The van der Waals surface area contributed by atoms with Crippen molar-refractivity contribution in [1.29, 1.82) is 0 Å². The number of aromatic amines is 1. The van der Waals surface area contributed by atoms with Gasteiger partial charge in [0.2, 0.25) is 5.91 Å². The SMILES string of the molecule is CCN(CC)C(=O)[C@@H]1C=C2c3cccc4[nH]cc(c34)C[C@H]2N(CC2CCCC2)C1. The largest absolute Gasteiger partial charge is 0.361 e. The fourth-order valence-electron chi connectivity index (χ4n) is 5.98.